The summed E-state index contributed by atoms with van der Waals surface area (Å²) in [7, 11) is 0. The number of nitrogens with zero attached hydrogens (tertiary/aromatic N) is 2. The van der Waals surface area contributed by atoms with Crippen LogP contribution in [0.1, 0.15) is 53.7 Å². The van der Waals surface area contributed by atoms with Gasteiger partial charge in [-0.05, 0) is 82.0 Å². The molecule has 0 radical (unpaired) electrons. The summed E-state index contributed by atoms with van der Waals surface area (Å²) in [6.45, 7) is 14.9. The molecular weight excluding hydrogens is 515 g/mol. The van der Waals surface area contributed by atoms with Crippen LogP contribution in [0.25, 0.3) is 0 Å². The lowest BCUT2D eigenvalue weighted by Crippen LogP contribution is -2.47. The Morgan fingerprint density at radius 1 is 0.946 bits per heavy atom. The number of carbonyl (C=O) groups is 2. The third-order valence-electron chi connectivity index (χ3n) is 6.46. The van der Waals surface area contributed by atoms with Crippen LogP contribution in [0.2, 0.25) is 0 Å². The molecule has 0 amide bonds. The fourth-order valence-electron chi connectivity index (χ4n) is 4.43. The lowest BCUT2D eigenvalue weighted by molar-refractivity contribution is -0.132. The number of para-hydroxylation sites is 1. The van der Waals surface area contributed by atoms with Crippen molar-refractivity contribution in [1.82, 2.24) is 4.90 Å². The number of piperazine rings is 1. The summed E-state index contributed by atoms with van der Waals surface area (Å²) in [5, 5.41) is 0. The van der Waals surface area contributed by atoms with E-state index in [1.54, 1.807) is 0 Å². The summed E-state index contributed by atoms with van der Waals surface area (Å²) in [6.07, 6.45) is 2.02. The largest absolute Gasteiger partial charge is 0.493 e. The van der Waals surface area contributed by atoms with Gasteiger partial charge >= 0.3 is 11.9 Å². The average Bonchev–Trinajstić information content (AvgIpc) is 2.85. The minimum atomic E-state index is -0.312. The maximum absolute atomic E-state index is 12.3. The summed E-state index contributed by atoms with van der Waals surface area (Å²) in [5.74, 6) is 0.914. The van der Waals surface area contributed by atoms with Crippen molar-refractivity contribution >= 4 is 42.4 Å². The molecule has 0 aliphatic carbocycles. The van der Waals surface area contributed by atoms with E-state index in [0.717, 1.165) is 73.7 Å². The van der Waals surface area contributed by atoms with Crippen molar-refractivity contribution < 1.29 is 23.8 Å². The molecule has 9 heteroatoms. The third kappa shape index (κ3) is 8.80. The lowest BCUT2D eigenvalue weighted by atomic mass is 10.0. The number of ether oxygens (including phenoxy) is 3. The average molecular weight is 556 g/mol. The second-order valence-corrected chi connectivity index (χ2v) is 8.99. The van der Waals surface area contributed by atoms with Crippen LogP contribution in [0.3, 0.4) is 0 Å². The molecule has 0 spiro atoms. The summed E-state index contributed by atoms with van der Waals surface area (Å²) in [4.78, 5) is 28.4. The van der Waals surface area contributed by atoms with Crippen molar-refractivity contribution in [2.45, 2.75) is 47.5 Å². The van der Waals surface area contributed by atoms with Crippen LogP contribution in [0.5, 0.6) is 11.5 Å². The zero-order chi connectivity index (χ0) is 25.4. The van der Waals surface area contributed by atoms with E-state index in [4.69, 9.17) is 14.2 Å². The number of carbonyl (C=O) groups excluding carboxylic acids is 2. The molecule has 2 aromatic carbocycles. The first-order valence-corrected chi connectivity index (χ1v) is 12.5. The topological polar surface area (TPSA) is 68.3 Å². The van der Waals surface area contributed by atoms with Gasteiger partial charge in [-0.3, -0.25) is 9.69 Å². The molecule has 1 fully saturated rings. The van der Waals surface area contributed by atoms with Crippen molar-refractivity contribution in [3.63, 3.8) is 0 Å². The number of esters is 2. The second-order valence-electron chi connectivity index (χ2n) is 8.99. The van der Waals surface area contributed by atoms with Gasteiger partial charge in [-0.15, -0.1) is 24.8 Å². The number of halogens is 2. The van der Waals surface area contributed by atoms with Gasteiger partial charge in [0.05, 0.1) is 24.5 Å². The van der Waals surface area contributed by atoms with Crippen LogP contribution < -0.4 is 14.4 Å². The highest BCUT2D eigenvalue weighted by Gasteiger charge is 2.21. The Bertz CT molecular complexity index is 1040. The van der Waals surface area contributed by atoms with Crippen LogP contribution >= 0.6 is 24.8 Å². The van der Waals surface area contributed by atoms with E-state index in [1.807, 2.05) is 58.0 Å². The van der Waals surface area contributed by atoms with Gasteiger partial charge in [0.25, 0.3) is 0 Å². The van der Waals surface area contributed by atoms with Gasteiger partial charge in [-0.25, -0.2) is 4.79 Å². The Labute approximate surface area is 233 Å². The van der Waals surface area contributed by atoms with Crippen LogP contribution in [0, 0.1) is 20.8 Å². The number of benzene rings is 2. The minimum Gasteiger partial charge on any atom is -0.493 e. The van der Waals surface area contributed by atoms with Gasteiger partial charge in [-0.1, -0.05) is 12.1 Å². The van der Waals surface area contributed by atoms with Crippen molar-refractivity contribution in [2.24, 2.45) is 0 Å². The number of rotatable bonds is 10. The maximum Gasteiger partial charge on any atom is 0.340 e. The SMILES string of the molecule is CCOC(=O)c1ccccc1N1CCN(CCCCOc2cc(C)c(OC(C)=O)c(C)c2C)CC1.Cl.Cl. The second kappa shape index (κ2) is 15.7. The molecule has 2 aromatic rings. The smallest absolute Gasteiger partial charge is 0.340 e. The molecular formula is C28H40Cl2N2O5. The lowest BCUT2D eigenvalue weighted by Gasteiger charge is -2.36. The van der Waals surface area contributed by atoms with Crippen LogP contribution in [0.4, 0.5) is 5.69 Å². The van der Waals surface area contributed by atoms with E-state index in [-0.39, 0.29) is 36.8 Å². The zero-order valence-corrected chi connectivity index (χ0v) is 24.1. The molecule has 1 aliphatic rings. The first-order valence-electron chi connectivity index (χ1n) is 12.5. The van der Waals surface area contributed by atoms with E-state index in [2.05, 4.69) is 9.80 Å². The first kappa shape index (κ1) is 32.5. The highest BCUT2D eigenvalue weighted by atomic mass is 35.5. The minimum absolute atomic E-state index is 0. The zero-order valence-electron chi connectivity index (χ0n) is 22.5. The molecule has 0 N–H and O–H groups in total. The molecule has 1 heterocycles. The van der Waals surface area contributed by atoms with E-state index in [1.165, 1.54) is 6.92 Å². The standard InChI is InChI=1S/C28H38N2O5.2ClH/c1-6-33-28(32)24-11-7-8-12-25(24)30-16-14-29(15-17-30)13-9-10-18-34-26-19-20(2)27(35-23(5)31)22(4)21(26)3;;/h7-8,11-12,19H,6,9-10,13-18H2,1-5H3;2*1H. The van der Waals surface area contributed by atoms with Gasteiger partial charge in [0, 0.05) is 33.1 Å². The number of unbranched alkanes of at least 4 members (excludes halogenated alkanes) is 1. The fourth-order valence-corrected chi connectivity index (χ4v) is 4.43. The molecule has 7 nitrogen and oxygen atoms in total. The Morgan fingerprint density at radius 3 is 2.27 bits per heavy atom. The first-order chi connectivity index (χ1) is 16.8. The molecule has 0 unspecified atom stereocenters. The predicted octanol–water partition coefficient (Wildman–Crippen LogP) is 5.54. The fraction of sp³-hybridized carbons (Fsp3) is 0.500. The summed E-state index contributed by atoms with van der Waals surface area (Å²) in [5.41, 5.74) is 4.45. The van der Waals surface area contributed by atoms with Gasteiger partial charge in [-0.2, -0.15) is 0 Å². The molecule has 0 atom stereocenters. The van der Waals surface area contributed by atoms with Crippen molar-refractivity contribution in [2.75, 3.05) is 50.8 Å². The van der Waals surface area contributed by atoms with Gasteiger partial charge in [0.1, 0.15) is 11.5 Å². The van der Waals surface area contributed by atoms with Crippen LogP contribution in [0.15, 0.2) is 30.3 Å². The van der Waals surface area contributed by atoms with Gasteiger partial charge in [0.2, 0.25) is 0 Å². The summed E-state index contributed by atoms with van der Waals surface area (Å²) < 4.78 is 16.6. The summed E-state index contributed by atoms with van der Waals surface area (Å²) in [6, 6.07) is 9.65. The maximum atomic E-state index is 12.3. The highest BCUT2D eigenvalue weighted by Crippen LogP contribution is 2.33. The van der Waals surface area contributed by atoms with Gasteiger partial charge < -0.3 is 19.1 Å². The Kier molecular flexibility index (Phi) is 13.8. The van der Waals surface area contributed by atoms with E-state index in [0.29, 0.717) is 24.5 Å². The molecule has 1 aliphatic heterocycles. The normalized spacial score (nSPS) is 13.3. The van der Waals surface area contributed by atoms with Crippen LogP contribution in [-0.2, 0) is 9.53 Å². The third-order valence-corrected chi connectivity index (χ3v) is 6.46. The monoisotopic (exact) mass is 554 g/mol. The van der Waals surface area contributed by atoms with E-state index < -0.39 is 0 Å². The molecule has 37 heavy (non-hydrogen) atoms. The van der Waals surface area contributed by atoms with Crippen LogP contribution in [-0.4, -0.2) is 62.8 Å². The molecule has 0 saturated carbocycles. The number of hydrogen-bond donors (Lipinski definition) is 0. The number of hydrogen-bond acceptors (Lipinski definition) is 7. The Hall–Kier alpha value is -2.48. The molecule has 0 aromatic heterocycles. The van der Waals surface area contributed by atoms with Crippen molar-refractivity contribution in [1.29, 1.82) is 0 Å². The van der Waals surface area contributed by atoms with E-state index in [9.17, 15) is 9.59 Å². The van der Waals surface area contributed by atoms with Gasteiger partial charge in [0.15, 0.2) is 0 Å². The van der Waals surface area contributed by atoms with Crippen molar-refractivity contribution in [3.8, 4) is 11.5 Å². The molecule has 1 saturated heterocycles. The number of anilines is 1. The molecule has 0 bridgehead atoms. The van der Waals surface area contributed by atoms with E-state index >= 15 is 0 Å². The quantitative estimate of drug-likeness (QED) is 0.217. The predicted molar refractivity (Wildman–Crippen MR) is 152 cm³/mol. The summed E-state index contributed by atoms with van der Waals surface area (Å²) >= 11 is 0. The Morgan fingerprint density at radius 2 is 1.62 bits per heavy atom. The number of aryl methyl sites for hydroxylation is 1. The highest BCUT2D eigenvalue weighted by molar-refractivity contribution is 5.95. The molecule has 206 valence electrons. The van der Waals surface area contributed by atoms with Crippen molar-refractivity contribution in [3.05, 3.63) is 52.6 Å². The molecule has 3 rings (SSSR count). The Balaban J connectivity index is 0.00000342.